The van der Waals surface area contributed by atoms with Crippen LogP contribution in [0.3, 0.4) is 0 Å². The molecule has 10 heteroatoms. The number of rotatable bonds is 11. The second-order valence-electron chi connectivity index (χ2n) is 8.59. The number of ether oxygens (including phenoxy) is 1. The van der Waals surface area contributed by atoms with Gasteiger partial charge in [-0.1, -0.05) is 56.5 Å². The maximum Gasteiger partial charge on any atom is 0.250 e. The van der Waals surface area contributed by atoms with E-state index >= 15 is 0 Å². The number of methoxy groups -OCH3 is 1. The van der Waals surface area contributed by atoms with Crippen molar-refractivity contribution >= 4 is 67.2 Å². The Morgan fingerprint density at radius 1 is 1.00 bits per heavy atom. The quantitative estimate of drug-likeness (QED) is 0.158. The van der Waals surface area contributed by atoms with Crippen LogP contribution in [0.15, 0.2) is 60.7 Å². The lowest BCUT2D eigenvalue weighted by atomic mass is 10.0. The number of hydrogen-bond acceptors (Lipinski definition) is 6. The Kier molecular flexibility index (Phi) is 9.18. The van der Waals surface area contributed by atoms with E-state index in [1.807, 2.05) is 30.3 Å². The van der Waals surface area contributed by atoms with Gasteiger partial charge in [-0.3, -0.25) is 9.52 Å². The number of nitrogens with zero attached hydrogens (tertiary/aromatic N) is 1. The minimum Gasteiger partial charge on any atom is -0.494 e. The molecule has 0 atom stereocenters. The third-order valence-corrected chi connectivity index (χ3v) is 7.35. The van der Waals surface area contributed by atoms with Crippen LogP contribution in [0.1, 0.15) is 43.0 Å². The van der Waals surface area contributed by atoms with Crippen LogP contribution in [0.5, 0.6) is 5.75 Å². The zero-order chi connectivity index (χ0) is 25.7. The Labute approximate surface area is 223 Å². The molecule has 0 fully saturated rings. The SMILES string of the molecule is CCCCCCS(=O)(=O)Nc1ccc(Nc2c3ccccc3nc3c(C(N)=O)cccc23)c(OC)c1.Cl. The number of anilines is 3. The van der Waals surface area contributed by atoms with Gasteiger partial charge in [-0.15, -0.1) is 12.4 Å². The van der Waals surface area contributed by atoms with Crippen molar-refractivity contribution in [2.24, 2.45) is 5.73 Å². The lowest BCUT2D eigenvalue weighted by Crippen LogP contribution is -2.16. The summed E-state index contributed by atoms with van der Waals surface area (Å²) in [6.45, 7) is 2.09. The summed E-state index contributed by atoms with van der Waals surface area (Å²) in [4.78, 5) is 16.7. The summed E-state index contributed by atoms with van der Waals surface area (Å²) in [5, 5.41) is 5.00. The molecule has 4 rings (SSSR count). The van der Waals surface area contributed by atoms with Crippen molar-refractivity contribution in [3.05, 3.63) is 66.2 Å². The fraction of sp³-hybridized carbons (Fsp3) is 0.259. The van der Waals surface area contributed by atoms with Gasteiger partial charge in [-0.25, -0.2) is 13.4 Å². The molecule has 0 bridgehead atoms. The number of hydrogen-bond donors (Lipinski definition) is 3. The summed E-state index contributed by atoms with van der Waals surface area (Å²) in [5.41, 5.74) is 8.93. The molecule has 0 aliphatic carbocycles. The van der Waals surface area contributed by atoms with Gasteiger partial charge in [0.05, 0.1) is 46.5 Å². The van der Waals surface area contributed by atoms with Crippen molar-refractivity contribution < 1.29 is 17.9 Å². The zero-order valence-electron chi connectivity index (χ0n) is 20.8. The summed E-state index contributed by atoms with van der Waals surface area (Å²) < 4.78 is 33.2. The molecule has 8 nitrogen and oxygen atoms in total. The molecule has 0 saturated heterocycles. The first kappa shape index (κ1) is 28.0. The number of aromatic nitrogens is 1. The van der Waals surface area contributed by atoms with E-state index in [1.54, 1.807) is 30.3 Å². The molecular weight excluding hydrogens is 512 g/mol. The minimum absolute atomic E-state index is 0. The number of nitrogens with one attached hydrogen (secondary N) is 2. The molecule has 0 aliphatic rings. The Balaban J connectivity index is 0.00000380. The number of benzene rings is 3. The number of carbonyl (C=O) groups excluding carboxylic acids is 1. The predicted molar refractivity (Wildman–Crippen MR) is 153 cm³/mol. The summed E-state index contributed by atoms with van der Waals surface area (Å²) >= 11 is 0. The van der Waals surface area contributed by atoms with Crippen LogP contribution < -0.4 is 20.5 Å². The van der Waals surface area contributed by atoms with Crippen molar-refractivity contribution in [2.45, 2.75) is 32.6 Å². The van der Waals surface area contributed by atoms with Crippen molar-refractivity contribution in [1.29, 1.82) is 0 Å². The summed E-state index contributed by atoms with van der Waals surface area (Å²) in [6, 6.07) is 18.0. The molecule has 3 aromatic carbocycles. The number of halogens is 1. The molecule has 0 aliphatic heterocycles. The number of unbranched alkanes of at least 4 members (excludes halogenated alkanes) is 3. The van der Waals surface area contributed by atoms with Crippen molar-refractivity contribution in [3.8, 4) is 5.75 Å². The number of primary amides is 1. The first-order valence-electron chi connectivity index (χ1n) is 11.9. The smallest absolute Gasteiger partial charge is 0.250 e. The van der Waals surface area contributed by atoms with Gasteiger partial charge in [0.15, 0.2) is 0 Å². The van der Waals surface area contributed by atoms with Gasteiger partial charge in [0.25, 0.3) is 5.91 Å². The van der Waals surface area contributed by atoms with Crippen LogP contribution in [0, 0.1) is 0 Å². The van der Waals surface area contributed by atoms with Crippen LogP contribution in [0.25, 0.3) is 21.8 Å². The molecule has 196 valence electrons. The third kappa shape index (κ3) is 6.42. The second-order valence-corrected chi connectivity index (χ2v) is 10.4. The minimum atomic E-state index is -3.46. The highest BCUT2D eigenvalue weighted by molar-refractivity contribution is 7.92. The van der Waals surface area contributed by atoms with E-state index in [0.29, 0.717) is 40.1 Å². The summed E-state index contributed by atoms with van der Waals surface area (Å²) in [6.07, 6.45) is 3.57. The van der Waals surface area contributed by atoms with Gasteiger partial charge in [0.1, 0.15) is 5.75 Å². The second kappa shape index (κ2) is 12.1. The van der Waals surface area contributed by atoms with E-state index in [9.17, 15) is 13.2 Å². The number of fused-ring (bicyclic) bond motifs is 2. The average Bonchev–Trinajstić information content (AvgIpc) is 2.86. The van der Waals surface area contributed by atoms with E-state index < -0.39 is 15.9 Å². The van der Waals surface area contributed by atoms with E-state index in [0.717, 1.165) is 35.7 Å². The van der Waals surface area contributed by atoms with Gasteiger partial charge in [-0.05, 0) is 30.7 Å². The number of amides is 1. The Hall–Kier alpha value is -3.56. The van der Waals surface area contributed by atoms with Crippen LogP contribution in [-0.2, 0) is 10.0 Å². The maximum absolute atomic E-state index is 12.5. The van der Waals surface area contributed by atoms with Gasteiger partial charge in [0, 0.05) is 16.8 Å². The van der Waals surface area contributed by atoms with Gasteiger partial charge in [-0.2, -0.15) is 0 Å². The van der Waals surface area contributed by atoms with E-state index in [4.69, 9.17) is 10.5 Å². The number of para-hydroxylation sites is 2. The molecule has 0 spiro atoms. The highest BCUT2D eigenvalue weighted by Crippen LogP contribution is 2.38. The van der Waals surface area contributed by atoms with Crippen LogP contribution in [-0.4, -0.2) is 32.2 Å². The first-order chi connectivity index (χ1) is 17.3. The van der Waals surface area contributed by atoms with Crippen LogP contribution in [0.4, 0.5) is 17.1 Å². The Morgan fingerprint density at radius 2 is 1.76 bits per heavy atom. The molecule has 37 heavy (non-hydrogen) atoms. The predicted octanol–water partition coefficient (Wildman–Crippen LogP) is 5.98. The van der Waals surface area contributed by atoms with Crippen LogP contribution >= 0.6 is 12.4 Å². The topological polar surface area (TPSA) is 123 Å². The molecular formula is C27H31ClN4O4S. The standard InChI is InChI=1S/C27H30N4O4S.ClH/c1-3-4-5-8-16-36(33,34)31-18-14-15-23(24(17-18)35-2)30-25-19-10-6-7-13-22(19)29-26-20(25)11-9-12-21(26)27(28)32;/h6-7,9-15,17,31H,3-5,8,16H2,1-2H3,(H2,28,32)(H,29,30);1H. The van der Waals surface area contributed by atoms with Gasteiger partial charge in [0.2, 0.25) is 10.0 Å². The molecule has 0 saturated carbocycles. The lowest BCUT2D eigenvalue weighted by molar-refractivity contribution is 0.100. The highest BCUT2D eigenvalue weighted by atomic mass is 35.5. The fourth-order valence-corrected chi connectivity index (χ4v) is 5.36. The number of nitrogens with two attached hydrogens (primary N) is 1. The maximum atomic E-state index is 12.5. The largest absolute Gasteiger partial charge is 0.494 e. The lowest BCUT2D eigenvalue weighted by Gasteiger charge is -2.17. The molecule has 1 amide bonds. The number of pyridine rings is 1. The van der Waals surface area contributed by atoms with Crippen molar-refractivity contribution in [2.75, 3.05) is 22.9 Å². The highest BCUT2D eigenvalue weighted by Gasteiger charge is 2.17. The molecule has 1 aromatic heterocycles. The van der Waals surface area contributed by atoms with Crippen molar-refractivity contribution in [1.82, 2.24) is 4.98 Å². The van der Waals surface area contributed by atoms with Gasteiger partial charge >= 0.3 is 0 Å². The molecule has 0 radical (unpaired) electrons. The van der Waals surface area contributed by atoms with E-state index in [-0.39, 0.29) is 18.2 Å². The number of carbonyl (C=O) groups is 1. The van der Waals surface area contributed by atoms with Crippen molar-refractivity contribution in [3.63, 3.8) is 0 Å². The summed E-state index contributed by atoms with van der Waals surface area (Å²) in [5.74, 6) is -0.0218. The fourth-order valence-electron chi connectivity index (χ4n) is 4.19. The Bertz CT molecular complexity index is 1530. The molecule has 4 N–H and O–H groups in total. The molecule has 0 unspecified atom stereocenters. The third-order valence-electron chi connectivity index (χ3n) is 5.98. The van der Waals surface area contributed by atoms with Crippen LogP contribution in [0.2, 0.25) is 0 Å². The molecule has 4 aromatic rings. The van der Waals surface area contributed by atoms with E-state index in [1.165, 1.54) is 7.11 Å². The molecule has 1 heterocycles. The first-order valence-corrected chi connectivity index (χ1v) is 13.5. The summed E-state index contributed by atoms with van der Waals surface area (Å²) in [7, 11) is -1.94. The van der Waals surface area contributed by atoms with E-state index in [2.05, 4.69) is 21.9 Å². The normalized spacial score (nSPS) is 11.2. The zero-order valence-corrected chi connectivity index (χ0v) is 22.4. The average molecular weight is 543 g/mol. The monoisotopic (exact) mass is 542 g/mol. The number of sulfonamides is 1. The Morgan fingerprint density at radius 3 is 2.49 bits per heavy atom. The van der Waals surface area contributed by atoms with Gasteiger partial charge < -0.3 is 15.8 Å².